The van der Waals surface area contributed by atoms with E-state index < -0.39 is 35.4 Å². The number of aliphatic carboxylic acids is 1. The molecule has 1 unspecified atom stereocenters. The molecule has 0 saturated carbocycles. The first-order valence-corrected chi connectivity index (χ1v) is 6.87. The highest BCUT2D eigenvalue weighted by atomic mass is 19.4. The van der Waals surface area contributed by atoms with Crippen molar-refractivity contribution in [2.24, 2.45) is 0 Å². The molecule has 0 saturated heterocycles. The van der Waals surface area contributed by atoms with Gasteiger partial charge in [-0.15, -0.1) is 0 Å². The fraction of sp³-hybridized carbons (Fsp3) is 0.267. The lowest BCUT2D eigenvalue weighted by Crippen LogP contribution is -2.39. The molecule has 128 valence electrons. The fourth-order valence-corrected chi connectivity index (χ4v) is 2.11. The van der Waals surface area contributed by atoms with Crippen LogP contribution in [-0.4, -0.2) is 32.8 Å². The van der Waals surface area contributed by atoms with Crippen molar-refractivity contribution in [1.82, 2.24) is 15.1 Å². The zero-order chi connectivity index (χ0) is 18.1. The number of halogens is 3. The molecule has 0 spiro atoms. The fourth-order valence-electron chi connectivity index (χ4n) is 2.11. The summed E-state index contributed by atoms with van der Waals surface area (Å²) < 4.78 is 41.0. The summed E-state index contributed by atoms with van der Waals surface area (Å²) in [7, 11) is 0. The number of carboxylic acid groups (broad SMARTS) is 1. The molecule has 2 aromatic rings. The van der Waals surface area contributed by atoms with Gasteiger partial charge >= 0.3 is 12.1 Å². The standard InChI is InChI=1S/C15H14F3N3O3/c1-8-5-3-4-6-11(8)21-12(15(16,17)18)10(7-19-21)13(22)20-9(2)14(23)24/h3-7,9H,1-2H3,(H,20,22)(H,23,24). The number of carbonyl (C=O) groups excluding carboxylic acids is 1. The Labute approximate surface area is 134 Å². The van der Waals surface area contributed by atoms with Crippen LogP contribution in [-0.2, 0) is 11.0 Å². The Hall–Kier alpha value is -2.84. The van der Waals surface area contributed by atoms with Crippen molar-refractivity contribution in [3.8, 4) is 5.69 Å². The number of rotatable bonds is 4. The normalized spacial score (nSPS) is 12.7. The second-order valence-corrected chi connectivity index (χ2v) is 5.14. The second-order valence-electron chi connectivity index (χ2n) is 5.14. The topological polar surface area (TPSA) is 84.2 Å². The molecule has 0 radical (unpaired) electrons. The number of carbonyl (C=O) groups is 2. The van der Waals surface area contributed by atoms with Gasteiger partial charge < -0.3 is 10.4 Å². The number of hydrogen-bond acceptors (Lipinski definition) is 3. The van der Waals surface area contributed by atoms with Gasteiger partial charge in [0.2, 0.25) is 0 Å². The Balaban J connectivity index is 2.54. The lowest BCUT2D eigenvalue weighted by Gasteiger charge is -2.15. The summed E-state index contributed by atoms with van der Waals surface area (Å²) in [6.45, 7) is 2.77. The third kappa shape index (κ3) is 3.39. The van der Waals surface area contributed by atoms with Gasteiger partial charge in [-0.1, -0.05) is 18.2 Å². The van der Waals surface area contributed by atoms with Crippen molar-refractivity contribution in [2.45, 2.75) is 26.1 Å². The van der Waals surface area contributed by atoms with Gasteiger partial charge in [0.05, 0.1) is 17.4 Å². The average Bonchev–Trinajstić information content (AvgIpc) is 2.92. The van der Waals surface area contributed by atoms with Crippen LogP contribution in [0.4, 0.5) is 13.2 Å². The summed E-state index contributed by atoms with van der Waals surface area (Å²) in [6, 6.07) is 4.94. The highest BCUT2D eigenvalue weighted by Crippen LogP contribution is 2.34. The maximum absolute atomic E-state index is 13.5. The van der Waals surface area contributed by atoms with Gasteiger partial charge in [0.1, 0.15) is 6.04 Å². The Morgan fingerprint density at radius 2 is 1.92 bits per heavy atom. The lowest BCUT2D eigenvalue weighted by molar-refractivity contribution is -0.143. The quantitative estimate of drug-likeness (QED) is 0.894. The molecule has 2 rings (SSSR count). The van der Waals surface area contributed by atoms with E-state index in [0.717, 1.165) is 13.1 Å². The first-order chi connectivity index (χ1) is 11.1. The van der Waals surface area contributed by atoms with Crippen molar-refractivity contribution >= 4 is 11.9 Å². The molecule has 9 heteroatoms. The Morgan fingerprint density at radius 3 is 2.46 bits per heavy atom. The molecule has 1 aromatic heterocycles. The predicted molar refractivity (Wildman–Crippen MR) is 77.9 cm³/mol. The Morgan fingerprint density at radius 1 is 1.29 bits per heavy atom. The number of hydrogen-bond donors (Lipinski definition) is 2. The van der Waals surface area contributed by atoms with Crippen molar-refractivity contribution in [3.63, 3.8) is 0 Å². The van der Waals surface area contributed by atoms with Gasteiger partial charge in [-0.05, 0) is 25.5 Å². The molecule has 1 aromatic carbocycles. The first kappa shape index (κ1) is 17.5. The van der Waals surface area contributed by atoms with Crippen LogP contribution >= 0.6 is 0 Å². The van der Waals surface area contributed by atoms with E-state index in [1.165, 1.54) is 6.07 Å². The van der Waals surface area contributed by atoms with E-state index in [2.05, 4.69) is 5.10 Å². The van der Waals surface area contributed by atoms with E-state index in [4.69, 9.17) is 5.11 Å². The number of aryl methyl sites for hydroxylation is 1. The summed E-state index contributed by atoms with van der Waals surface area (Å²) >= 11 is 0. The zero-order valence-corrected chi connectivity index (χ0v) is 12.8. The van der Waals surface area contributed by atoms with Crippen LogP contribution in [0, 0.1) is 6.92 Å². The summed E-state index contributed by atoms with van der Waals surface area (Å²) in [4.78, 5) is 22.8. The number of carboxylic acids is 1. The minimum absolute atomic E-state index is 0.176. The van der Waals surface area contributed by atoms with E-state index in [9.17, 15) is 22.8 Å². The maximum atomic E-state index is 13.5. The Bertz CT molecular complexity index is 784. The maximum Gasteiger partial charge on any atom is 0.434 e. The third-order valence-corrected chi connectivity index (χ3v) is 3.34. The number of aromatic nitrogens is 2. The molecule has 0 aliphatic rings. The smallest absolute Gasteiger partial charge is 0.434 e. The van der Waals surface area contributed by atoms with Gasteiger partial charge in [0.25, 0.3) is 5.91 Å². The molecule has 0 aliphatic heterocycles. The van der Waals surface area contributed by atoms with E-state index in [-0.39, 0.29) is 5.69 Å². The van der Waals surface area contributed by atoms with Crippen LogP contribution < -0.4 is 5.32 Å². The highest BCUT2D eigenvalue weighted by molar-refractivity contribution is 5.97. The number of alkyl halides is 3. The SMILES string of the molecule is Cc1ccccc1-n1ncc(C(=O)NC(C)C(=O)O)c1C(F)(F)F. The highest BCUT2D eigenvalue weighted by Gasteiger charge is 2.41. The molecule has 0 bridgehead atoms. The lowest BCUT2D eigenvalue weighted by atomic mass is 10.1. The van der Waals surface area contributed by atoms with E-state index >= 15 is 0 Å². The van der Waals surface area contributed by atoms with E-state index in [0.29, 0.717) is 10.2 Å². The third-order valence-electron chi connectivity index (χ3n) is 3.34. The summed E-state index contributed by atoms with van der Waals surface area (Å²) in [5.74, 6) is -2.51. The minimum Gasteiger partial charge on any atom is -0.480 e. The molecule has 24 heavy (non-hydrogen) atoms. The first-order valence-electron chi connectivity index (χ1n) is 6.87. The van der Waals surface area contributed by atoms with Gasteiger partial charge in [-0.2, -0.15) is 18.3 Å². The van der Waals surface area contributed by atoms with Gasteiger partial charge in [-0.25, -0.2) is 4.68 Å². The molecule has 0 aliphatic carbocycles. The molecular formula is C15H14F3N3O3. The predicted octanol–water partition coefficient (Wildman–Crippen LogP) is 2.40. The Kier molecular flexibility index (Phi) is 4.63. The van der Waals surface area contributed by atoms with Crippen molar-refractivity contribution < 1.29 is 27.9 Å². The molecule has 2 N–H and O–H groups in total. The molecule has 1 heterocycles. The number of benzene rings is 1. The summed E-state index contributed by atoms with van der Waals surface area (Å²) in [5.41, 5.74) is -1.28. The monoisotopic (exact) mass is 341 g/mol. The van der Waals surface area contributed by atoms with Crippen molar-refractivity contribution in [1.29, 1.82) is 0 Å². The van der Waals surface area contributed by atoms with Crippen LogP contribution in [0.25, 0.3) is 5.69 Å². The van der Waals surface area contributed by atoms with Crippen LogP contribution in [0.3, 0.4) is 0 Å². The number of amides is 1. The number of nitrogens with one attached hydrogen (secondary N) is 1. The van der Waals surface area contributed by atoms with Crippen molar-refractivity contribution in [2.75, 3.05) is 0 Å². The van der Waals surface area contributed by atoms with Crippen LogP contribution in [0.2, 0.25) is 0 Å². The largest absolute Gasteiger partial charge is 0.480 e. The number of nitrogens with zero attached hydrogens (tertiary/aromatic N) is 2. The van der Waals surface area contributed by atoms with Crippen LogP contribution in [0.1, 0.15) is 28.5 Å². The molecule has 0 fully saturated rings. The van der Waals surface area contributed by atoms with E-state index in [1.807, 2.05) is 5.32 Å². The van der Waals surface area contributed by atoms with Gasteiger partial charge in [0.15, 0.2) is 5.69 Å². The van der Waals surface area contributed by atoms with Gasteiger partial charge in [-0.3, -0.25) is 9.59 Å². The van der Waals surface area contributed by atoms with Crippen molar-refractivity contribution in [3.05, 3.63) is 47.3 Å². The molecule has 6 nitrogen and oxygen atoms in total. The zero-order valence-electron chi connectivity index (χ0n) is 12.8. The summed E-state index contributed by atoms with van der Waals surface area (Å²) in [6.07, 6.45) is -4.07. The molecule has 1 amide bonds. The summed E-state index contributed by atoms with van der Waals surface area (Å²) in [5, 5.41) is 14.4. The number of para-hydroxylation sites is 1. The minimum atomic E-state index is -4.85. The van der Waals surface area contributed by atoms with Crippen LogP contribution in [0.5, 0.6) is 0 Å². The van der Waals surface area contributed by atoms with Gasteiger partial charge in [0, 0.05) is 0 Å². The molecular weight excluding hydrogens is 327 g/mol. The second kappa shape index (κ2) is 6.34. The van der Waals surface area contributed by atoms with E-state index in [1.54, 1.807) is 25.1 Å². The van der Waals surface area contributed by atoms with Crippen LogP contribution in [0.15, 0.2) is 30.5 Å². The molecule has 1 atom stereocenters. The average molecular weight is 341 g/mol.